The van der Waals surface area contributed by atoms with E-state index >= 15 is 0 Å². The van der Waals surface area contributed by atoms with Gasteiger partial charge in [0.15, 0.2) is 11.5 Å². The summed E-state index contributed by atoms with van der Waals surface area (Å²) >= 11 is 1.29. The number of esters is 1. The van der Waals surface area contributed by atoms with Gasteiger partial charge in [-0.2, -0.15) is 0 Å². The van der Waals surface area contributed by atoms with Crippen LogP contribution in [0.15, 0.2) is 60.0 Å². The zero-order valence-electron chi connectivity index (χ0n) is 18.9. The molecule has 0 saturated heterocycles. The number of nitrogens with one attached hydrogen (secondary N) is 1. The molecule has 0 aliphatic rings. The molecule has 172 valence electrons. The van der Waals surface area contributed by atoms with Crippen molar-refractivity contribution in [1.82, 2.24) is 0 Å². The van der Waals surface area contributed by atoms with Crippen LogP contribution in [-0.2, 0) is 9.53 Å². The molecule has 2 aromatic carbocycles. The van der Waals surface area contributed by atoms with Crippen molar-refractivity contribution in [3.8, 4) is 22.6 Å². The summed E-state index contributed by atoms with van der Waals surface area (Å²) in [6.07, 6.45) is 3.99. The number of methoxy groups -OCH3 is 1. The Morgan fingerprint density at radius 2 is 1.85 bits per heavy atom. The van der Waals surface area contributed by atoms with Crippen molar-refractivity contribution in [2.24, 2.45) is 0 Å². The molecule has 1 N–H and O–H groups in total. The topological polar surface area (TPSA) is 73.9 Å². The van der Waals surface area contributed by atoms with Gasteiger partial charge in [-0.3, -0.25) is 4.79 Å². The largest absolute Gasteiger partial charge is 0.493 e. The lowest BCUT2D eigenvalue weighted by Gasteiger charge is -2.10. The summed E-state index contributed by atoms with van der Waals surface area (Å²) in [5.74, 6) is 0.435. The van der Waals surface area contributed by atoms with Gasteiger partial charge < -0.3 is 19.5 Å². The highest BCUT2D eigenvalue weighted by Gasteiger charge is 2.22. The van der Waals surface area contributed by atoms with E-state index in [9.17, 15) is 9.59 Å². The Morgan fingerprint density at radius 3 is 2.55 bits per heavy atom. The fraction of sp³-hybridized carbons (Fsp3) is 0.231. The zero-order valence-corrected chi connectivity index (χ0v) is 19.7. The van der Waals surface area contributed by atoms with E-state index in [0.29, 0.717) is 28.7 Å². The monoisotopic (exact) mass is 465 g/mol. The number of amides is 1. The Morgan fingerprint density at radius 1 is 1.06 bits per heavy atom. The van der Waals surface area contributed by atoms with E-state index in [-0.39, 0.29) is 12.5 Å². The molecule has 0 unspecified atom stereocenters. The second-order valence-electron chi connectivity index (χ2n) is 7.02. The number of rotatable bonds is 10. The Kier molecular flexibility index (Phi) is 8.66. The third kappa shape index (κ3) is 6.23. The first-order valence-electron chi connectivity index (χ1n) is 10.7. The number of thiophene rings is 1. The summed E-state index contributed by atoms with van der Waals surface area (Å²) in [6.45, 7) is 4.63. The summed E-state index contributed by atoms with van der Waals surface area (Å²) in [5, 5.41) is 5.11. The molecule has 3 rings (SSSR count). The first kappa shape index (κ1) is 24.1. The number of benzene rings is 2. The average Bonchev–Trinajstić information content (AvgIpc) is 3.25. The first-order chi connectivity index (χ1) is 16.1. The lowest BCUT2D eigenvalue weighted by molar-refractivity contribution is -0.111. The van der Waals surface area contributed by atoms with Gasteiger partial charge in [0.25, 0.3) is 0 Å². The van der Waals surface area contributed by atoms with Crippen LogP contribution in [0.4, 0.5) is 5.00 Å². The van der Waals surface area contributed by atoms with E-state index in [2.05, 4.69) is 5.32 Å². The van der Waals surface area contributed by atoms with E-state index < -0.39 is 5.97 Å². The van der Waals surface area contributed by atoms with E-state index in [4.69, 9.17) is 14.2 Å². The average molecular weight is 466 g/mol. The standard InChI is InChI=1S/C26H27NO5S/c1-4-15-32-21-13-11-18(16-22(21)30-3)12-14-23(28)27-25-24(26(29)31-5-2)20(17-33-25)19-9-7-6-8-10-19/h6-14,16-17H,4-5,15H2,1-3H3,(H,27,28). The van der Waals surface area contributed by atoms with Gasteiger partial charge in [-0.15, -0.1) is 11.3 Å². The first-order valence-corrected chi connectivity index (χ1v) is 11.6. The molecule has 0 fully saturated rings. The fourth-order valence-electron chi connectivity index (χ4n) is 3.13. The predicted octanol–water partition coefficient (Wildman–Crippen LogP) is 6.04. The second kappa shape index (κ2) is 11.9. The Balaban J connectivity index is 1.79. The molecule has 0 saturated carbocycles. The molecular weight excluding hydrogens is 438 g/mol. The molecular formula is C26H27NO5S. The summed E-state index contributed by atoms with van der Waals surface area (Å²) in [4.78, 5) is 25.3. The number of anilines is 1. The molecule has 0 aliphatic heterocycles. The van der Waals surface area contributed by atoms with Gasteiger partial charge in [0, 0.05) is 17.0 Å². The van der Waals surface area contributed by atoms with Crippen LogP contribution in [0.1, 0.15) is 36.2 Å². The maximum atomic E-state index is 12.6. The van der Waals surface area contributed by atoms with E-state index in [1.54, 1.807) is 26.2 Å². The van der Waals surface area contributed by atoms with Crippen LogP contribution in [-0.4, -0.2) is 32.2 Å². The minimum atomic E-state index is -0.468. The van der Waals surface area contributed by atoms with Crippen LogP contribution >= 0.6 is 11.3 Å². The maximum absolute atomic E-state index is 12.6. The summed E-state index contributed by atoms with van der Waals surface area (Å²) in [7, 11) is 1.58. The molecule has 1 aromatic heterocycles. The molecule has 0 aliphatic carbocycles. The van der Waals surface area contributed by atoms with Crippen LogP contribution in [0.2, 0.25) is 0 Å². The van der Waals surface area contributed by atoms with Crippen molar-refractivity contribution in [3.63, 3.8) is 0 Å². The normalized spacial score (nSPS) is 10.8. The van der Waals surface area contributed by atoms with Gasteiger partial charge >= 0.3 is 5.97 Å². The van der Waals surface area contributed by atoms with Crippen molar-refractivity contribution in [2.45, 2.75) is 20.3 Å². The van der Waals surface area contributed by atoms with Crippen molar-refractivity contribution >= 4 is 34.3 Å². The smallest absolute Gasteiger partial charge is 0.341 e. The van der Waals surface area contributed by atoms with Crippen molar-refractivity contribution < 1.29 is 23.8 Å². The van der Waals surface area contributed by atoms with Crippen molar-refractivity contribution in [2.75, 3.05) is 25.6 Å². The van der Waals surface area contributed by atoms with Crippen molar-refractivity contribution in [1.29, 1.82) is 0 Å². The zero-order chi connectivity index (χ0) is 23.6. The van der Waals surface area contributed by atoms with E-state index in [0.717, 1.165) is 23.1 Å². The quantitative estimate of drug-likeness (QED) is 0.292. The summed E-state index contributed by atoms with van der Waals surface area (Å²) < 4.78 is 16.3. The molecule has 1 amide bonds. The molecule has 6 nitrogen and oxygen atoms in total. The summed E-state index contributed by atoms with van der Waals surface area (Å²) in [5.41, 5.74) is 2.75. The van der Waals surface area contributed by atoms with Gasteiger partial charge in [-0.05, 0) is 42.7 Å². The predicted molar refractivity (Wildman–Crippen MR) is 132 cm³/mol. The lowest BCUT2D eigenvalue weighted by atomic mass is 10.0. The van der Waals surface area contributed by atoms with Crippen LogP contribution in [0.3, 0.4) is 0 Å². The van der Waals surface area contributed by atoms with Gasteiger partial charge in [-0.25, -0.2) is 4.79 Å². The third-order valence-electron chi connectivity index (χ3n) is 4.67. The van der Waals surface area contributed by atoms with Gasteiger partial charge in [0.05, 0.1) is 20.3 Å². The van der Waals surface area contributed by atoms with Crippen molar-refractivity contribution in [3.05, 3.63) is 71.1 Å². The lowest BCUT2D eigenvalue weighted by Crippen LogP contribution is -2.12. The molecule has 7 heteroatoms. The minimum Gasteiger partial charge on any atom is -0.493 e. The highest BCUT2D eigenvalue weighted by atomic mass is 32.1. The molecule has 0 atom stereocenters. The van der Waals surface area contributed by atoms with Gasteiger partial charge in [-0.1, -0.05) is 43.3 Å². The Labute approximate surface area is 197 Å². The Bertz CT molecular complexity index is 1120. The molecule has 0 bridgehead atoms. The molecule has 33 heavy (non-hydrogen) atoms. The number of ether oxygens (including phenoxy) is 3. The van der Waals surface area contributed by atoms with Crippen LogP contribution in [0.5, 0.6) is 11.5 Å². The highest BCUT2D eigenvalue weighted by Crippen LogP contribution is 2.36. The number of hydrogen-bond donors (Lipinski definition) is 1. The number of hydrogen-bond acceptors (Lipinski definition) is 6. The minimum absolute atomic E-state index is 0.246. The van der Waals surface area contributed by atoms with Crippen LogP contribution in [0.25, 0.3) is 17.2 Å². The molecule has 3 aromatic rings. The number of carbonyl (C=O) groups excluding carboxylic acids is 2. The van der Waals surface area contributed by atoms with Gasteiger partial charge in [0.2, 0.25) is 5.91 Å². The van der Waals surface area contributed by atoms with Gasteiger partial charge in [0.1, 0.15) is 10.6 Å². The summed E-state index contributed by atoms with van der Waals surface area (Å²) in [6, 6.07) is 15.0. The maximum Gasteiger partial charge on any atom is 0.341 e. The van der Waals surface area contributed by atoms with E-state index in [1.807, 2.05) is 54.8 Å². The second-order valence-corrected chi connectivity index (χ2v) is 7.90. The van der Waals surface area contributed by atoms with E-state index in [1.165, 1.54) is 17.4 Å². The highest BCUT2D eigenvalue weighted by molar-refractivity contribution is 7.15. The SMILES string of the molecule is CCCOc1ccc(C=CC(=O)Nc2scc(-c3ccccc3)c2C(=O)OCC)cc1OC. The molecule has 0 spiro atoms. The van der Waals surface area contributed by atoms with Crippen LogP contribution in [0, 0.1) is 0 Å². The van der Waals surface area contributed by atoms with Crippen LogP contribution < -0.4 is 14.8 Å². The molecule has 0 radical (unpaired) electrons. The fourth-order valence-corrected chi connectivity index (χ4v) is 4.09. The molecule has 1 heterocycles. The Hall–Kier alpha value is -3.58. The third-order valence-corrected chi connectivity index (χ3v) is 5.56. The number of carbonyl (C=O) groups is 2.